The summed E-state index contributed by atoms with van der Waals surface area (Å²) in [7, 11) is 0. The fourth-order valence-corrected chi connectivity index (χ4v) is 3.77. The number of nitrogens with zero attached hydrogens (tertiary/aromatic N) is 2. The van der Waals surface area contributed by atoms with Crippen LogP contribution < -0.4 is 5.32 Å². The number of rotatable bonds is 3. The standard InChI is InChI=1S/C19H16ClF4N3/c20-14-7-12-13-10-25-5-3-16(13)27(17(12)8-15(14)21)6-4-11-1-2-18(26-9-11)19(22,23)24/h1-2,7-9,25H,3-6,10H2. The van der Waals surface area contributed by atoms with Crippen LogP contribution in [0.2, 0.25) is 5.02 Å². The van der Waals surface area contributed by atoms with Gasteiger partial charge in [-0.25, -0.2) is 4.39 Å². The number of fused-ring (bicyclic) bond motifs is 3. The van der Waals surface area contributed by atoms with E-state index in [0.29, 0.717) is 25.1 Å². The summed E-state index contributed by atoms with van der Waals surface area (Å²) < 4.78 is 54.0. The molecule has 0 saturated carbocycles. The van der Waals surface area contributed by atoms with Gasteiger partial charge in [0, 0.05) is 43.3 Å². The molecule has 1 aliphatic heterocycles. The van der Waals surface area contributed by atoms with Crippen LogP contribution in [0.15, 0.2) is 30.5 Å². The average Bonchev–Trinajstić information content (AvgIpc) is 2.93. The van der Waals surface area contributed by atoms with Crippen LogP contribution in [0.1, 0.15) is 22.5 Å². The first-order valence-electron chi connectivity index (χ1n) is 8.56. The number of aromatic nitrogens is 2. The Kier molecular flexibility index (Phi) is 4.60. The molecule has 3 nitrogen and oxygen atoms in total. The lowest BCUT2D eigenvalue weighted by Crippen LogP contribution is -2.24. The summed E-state index contributed by atoms with van der Waals surface area (Å²) in [6.07, 6.45) is -1.90. The largest absolute Gasteiger partial charge is 0.433 e. The van der Waals surface area contributed by atoms with Gasteiger partial charge in [-0.15, -0.1) is 0 Å². The molecule has 0 fully saturated rings. The van der Waals surface area contributed by atoms with Gasteiger partial charge in [0.1, 0.15) is 11.5 Å². The SMILES string of the molecule is Fc1cc2c(cc1Cl)c1c(n2CCc2ccc(C(F)(F)F)nc2)CCNC1. The highest BCUT2D eigenvalue weighted by molar-refractivity contribution is 6.31. The maximum absolute atomic E-state index is 14.0. The summed E-state index contributed by atoms with van der Waals surface area (Å²) in [4.78, 5) is 3.50. The lowest BCUT2D eigenvalue weighted by Gasteiger charge is -2.17. The van der Waals surface area contributed by atoms with E-state index < -0.39 is 17.7 Å². The van der Waals surface area contributed by atoms with Gasteiger partial charge < -0.3 is 9.88 Å². The summed E-state index contributed by atoms with van der Waals surface area (Å²) in [5, 5.41) is 4.30. The van der Waals surface area contributed by atoms with E-state index in [0.717, 1.165) is 41.2 Å². The summed E-state index contributed by atoms with van der Waals surface area (Å²) in [5.41, 5.74) is 2.76. The third kappa shape index (κ3) is 3.41. The molecule has 27 heavy (non-hydrogen) atoms. The monoisotopic (exact) mass is 397 g/mol. The van der Waals surface area contributed by atoms with Crippen molar-refractivity contribution in [2.24, 2.45) is 0 Å². The number of nitrogens with one attached hydrogen (secondary N) is 1. The van der Waals surface area contributed by atoms with Crippen molar-refractivity contribution in [3.8, 4) is 0 Å². The van der Waals surface area contributed by atoms with E-state index in [9.17, 15) is 17.6 Å². The highest BCUT2D eigenvalue weighted by atomic mass is 35.5. The predicted molar refractivity (Wildman–Crippen MR) is 95.3 cm³/mol. The molecule has 142 valence electrons. The van der Waals surface area contributed by atoms with E-state index in [4.69, 9.17) is 11.6 Å². The molecule has 0 bridgehead atoms. The number of hydrogen-bond acceptors (Lipinski definition) is 2. The number of aryl methyl sites for hydroxylation is 2. The molecule has 0 atom stereocenters. The Morgan fingerprint density at radius 1 is 1.22 bits per heavy atom. The second-order valence-corrected chi connectivity index (χ2v) is 6.99. The Hall–Kier alpha value is -2.12. The highest BCUT2D eigenvalue weighted by Crippen LogP contribution is 2.33. The number of alkyl halides is 3. The molecule has 0 aliphatic carbocycles. The van der Waals surface area contributed by atoms with Gasteiger partial charge in [-0.1, -0.05) is 17.7 Å². The molecule has 1 aliphatic rings. The van der Waals surface area contributed by atoms with Crippen LogP contribution >= 0.6 is 11.6 Å². The lowest BCUT2D eigenvalue weighted by atomic mass is 10.1. The Bertz CT molecular complexity index is 993. The minimum absolute atomic E-state index is 0.0833. The summed E-state index contributed by atoms with van der Waals surface area (Å²) in [5.74, 6) is -0.482. The summed E-state index contributed by atoms with van der Waals surface area (Å²) in [6, 6.07) is 5.50. The van der Waals surface area contributed by atoms with Crippen molar-refractivity contribution in [1.82, 2.24) is 14.9 Å². The Morgan fingerprint density at radius 2 is 2.04 bits per heavy atom. The van der Waals surface area contributed by atoms with Crippen molar-refractivity contribution < 1.29 is 17.6 Å². The van der Waals surface area contributed by atoms with Gasteiger partial charge >= 0.3 is 6.18 Å². The molecule has 2 aromatic heterocycles. The Labute approximate surface area is 158 Å². The molecule has 8 heteroatoms. The molecule has 3 aromatic rings. The van der Waals surface area contributed by atoms with Crippen molar-refractivity contribution in [2.45, 2.75) is 32.1 Å². The van der Waals surface area contributed by atoms with E-state index in [-0.39, 0.29) is 5.02 Å². The molecule has 0 amide bonds. The molecule has 0 radical (unpaired) electrons. The minimum atomic E-state index is -4.45. The second-order valence-electron chi connectivity index (χ2n) is 6.59. The average molecular weight is 398 g/mol. The highest BCUT2D eigenvalue weighted by Gasteiger charge is 2.32. The van der Waals surface area contributed by atoms with Gasteiger partial charge in [-0.2, -0.15) is 13.2 Å². The number of hydrogen-bond donors (Lipinski definition) is 1. The van der Waals surface area contributed by atoms with Gasteiger partial charge in [0.2, 0.25) is 0 Å². The minimum Gasteiger partial charge on any atom is -0.344 e. The molecular weight excluding hydrogens is 382 g/mol. The Balaban J connectivity index is 1.66. The van der Waals surface area contributed by atoms with Crippen LogP contribution in [0.5, 0.6) is 0 Å². The van der Waals surface area contributed by atoms with Gasteiger partial charge in [-0.05, 0) is 35.7 Å². The molecular formula is C19H16ClF4N3. The normalized spacial score (nSPS) is 14.6. The van der Waals surface area contributed by atoms with Crippen LogP contribution in [0, 0.1) is 5.82 Å². The fraction of sp³-hybridized carbons (Fsp3) is 0.316. The van der Waals surface area contributed by atoms with Gasteiger partial charge in [-0.3, -0.25) is 4.98 Å². The zero-order chi connectivity index (χ0) is 19.2. The smallest absolute Gasteiger partial charge is 0.344 e. The quantitative estimate of drug-likeness (QED) is 0.647. The van der Waals surface area contributed by atoms with Gasteiger partial charge in [0.05, 0.1) is 10.5 Å². The van der Waals surface area contributed by atoms with E-state index in [1.807, 2.05) is 4.57 Å². The molecule has 0 spiro atoms. The third-order valence-corrected chi connectivity index (χ3v) is 5.20. The summed E-state index contributed by atoms with van der Waals surface area (Å²) in [6.45, 7) is 2.03. The van der Waals surface area contributed by atoms with Crippen molar-refractivity contribution in [1.29, 1.82) is 0 Å². The zero-order valence-electron chi connectivity index (χ0n) is 14.2. The van der Waals surface area contributed by atoms with Crippen LogP contribution in [0.4, 0.5) is 17.6 Å². The molecule has 1 N–H and O–H groups in total. The maximum Gasteiger partial charge on any atom is 0.433 e. The Morgan fingerprint density at radius 3 is 2.74 bits per heavy atom. The van der Waals surface area contributed by atoms with Crippen LogP contribution in [0.25, 0.3) is 10.9 Å². The van der Waals surface area contributed by atoms with Crippen LogP contribution in [-0.2, 0) is 32.1 Å². The predicted octanol–water partition coefficient (Wildman–Crippen LogP) is 4.74. The molecule has 3 heterocycles. The number of halogens is 5. The van der Waals surface area contributed by atoms with Crippen molar-refractivity contribution in [3.05, 3.63) is 63.8 Å². The molecule has 4 rings (SSSR count). The summed E-state index contributed by atoms with van der Waals surface area (Å²) >= 11 is 5.96. The number of pyridine rings is 1. The van der Waals surface area contributed by atoms with Crippen LogP contribution in [0.3, 0.4) is 0 Å². The van der Waals surface area contributed by atoms with E-state index >= 15 is 0 Å². The fourth-order valence-electron chi connectivity index (χ4n) is 3.60. The molecule has 1 aromatic carbocycles. The first kappa shape index (κ1) is 18.3. The molecule has 0 unspecified atom stereocenters. The molecule has 0 saturated heterocycles. The second kappa shape index (κ2) is 6.80. The zero-order valence-corrected chi connectivity index (χ0v) is 15.0. The van der Waals surface area contributed by atoms with Crippen LogP contribution in [-0.4, -0.2) is 16.1 Å². The first-order chi connectivity index (χ1) is 12.8. The number of benzene rings is 1. The van der Waals surface area contributed by atoms with Crippen molar-refractivity contribution in [3.63, 3.8) is 0 Å². The van der Waals surface area contributed by atoms with E-state index in [2.05, 4.69) is 10.3 Å². The topological polar surface area (TPSA) is 29.9 Å². The van der Waals surface area contributed by atoms with Crippen molar-refractivity contribution >= 4 is 22.5 Å². The van der Waals surface area contributed by atoms with Gasteiger partial charge in [0.15, 0.2) is 0 Å². The van der Waals surface area contributed by atoms with Crippen molar-refractivity contribution in [2.75, 3.05) is 6.54 Å². The third-order valence-electron chi connectivity index (χ3n) is 4.91. The first-order valence-corrected chi connectivity index (χ1v) is 8.94. The van der Waals surface area contributed by atoms with E-state index in [1.165, 1.54) is 18.3 Å². The lowest BCUT2D eigenvalue weighted by molar-refractivity contribution is -0.141. The van der Waals surface area contributed by atoms with Gasteiger partial charge in [0.25, 0.3) is 0 Å². The van der Waals surface area contributed by atoms with E-state index in [1.54, 1.807) is 6.07 Å². The maximum atomic E-state index is 14.0.